The van der Waals surface area contributed by atoms with Gasteiger partial charge in [-0.05, 0) is 38.5 Å². The highest BCUT2D eigenvalue weighted by atomic mass is 35.5. The molecule has 0 aliphatic heterocycles. The first kappa shape index (κ1) is 32.9. The number of unbranched alkanes of at least 4 members (excludes halogenated alkanes) is 16. The van der Waals surface area contributed by atoms with Gasteiger partial charge in [-0.15, -0.1) is 0 Å². The summed E-state index contributed by atoms with van der Waals surface area (Å²) in [4.78, 5) is 0. The maximum Gasteiger partial charge on any atom is 0.0594 e. The summed E-state index contributed by atoms with van der Waals surface area (Å²) >= 11 is 0. The summed E-state index contributed by atoms with van der Waals surface area (Å²) in [5.41, 5.74) is 0. The van der Waals surface area contributed by atoms with E-state index in [1.807, 2.05) is 0 Å². The molecule has 0 aromatic rings. The minimum Gasteiger partial charge on any atom is -1.00 e. The molecule has 0 spiro atoms. The minimum absolute atomic E-state index is 0. The molecule has 2 heteroatoms. The van der Waals surface area contributed by atoms with E-state index in [1.165, 1.54) is 116 Å². The van der Waals surface area contributed by atoms with E-state index in [0.29, 0.717) is 0 Å². The molecule has 0 nitrogen and oxygen atoms in total. The van der Waals surface area contributed by atoms with Crippen LogP contribution in [0.4, 0.5) is 0 Å². The van der Waals surface area contributed by atoms with Crippen LogP contribution >= 0.6 is 7.26 Å². The predicted octanol–water partition coefficient (Wildman–Crippen LogP) is 7.89. The first-order valence-electron chi connectivity index (χ1n) is 14.1. The number of halogens is 1. The molecule has 0 aromatic heterocycles. The normalized spacial score (nSPS) is 11.6. The van der Waals surface area contributed by atoms with E-state index in [4.69, 9.17) is 0 Å². The van der Waals surface area contributed by atoms with Crippen LogP contribution in [-0.4, -0.2) is 24.6 Å². The molecule has 0 radical (unpaired) electrons. The van der Waals surface area contributed by atoms with Crippen molar-refractivity contribution in [3.63, 3.8) is 0 Å². The zero-order chi connectivity index (χ0) is 21.5. The van der Waals surface area contributed by atoms with Gasteiger partial charge in [-0.25, -0.2) is 0 Å². The quantitative estimate of drug-likeness (QED) is 0.101. The third-order valence-electron chi connectivity index (χ3n) is 6.94. The lowest BCUT2D eigenvalue weighted by atomic mass is 10.1. The molecule has 30 heavy (non-hydrogen) atoms. The molecule has 0 atom stereocenters. The lowest BCUT2D eigenvalue weighted by molar-refractivity contribution is -0.00000667. The Balaban J connectivity index is 0. The Bertz CT molecular complexity index is 275. The molecule has 0 saturated heterocycles. The summed E-state index contributed by atoms with van der Waals surface area (Å²) in [7, 11) is -0.662. The summed E-state index contributed by atoms with van der Waals surface area (Å²) in [5, 5.41) is 0. The maximum atomic E-state index is 2.40. The lowest BCUT2D eigenvalue weighted by Crippen LogP contribution is -3.00. The average Bonchev–Trinajstić information content (AvgIpc) is 2.74. The van der Waals surface area contributed by atoms with Crippen molar-refractivity contribution in [1.82, 2.24) is 0 Å². The predicted molar refractivity (Wildman–Crippen MR) is 141 cm³/mol. The molecule has 0 unspecified atom stereocenters. The van der Waals surface area contributed by atoms with Crippen LogP contribution in [0.3, 0.4) is 0 Å². The Morgan fingerprint density at radius 3 is 0.833 bits per heavy atom. The Kier molecular flexibility index (Phi) is 28.5. The van der Waals surface area contributed by atoms with Crippen molar-refractivity contribution in [2.75, 3.05) is 24.6 Å². The Morgan fingerprint density at radius 2 is 0.533 bits per heavy atom. The van der Waals surface area contributed by atoms with Gasteiger partial charge in [0.15, 0.2) is 0 Å². The van der Waals surface area contributed by atoms with Crippen LogP contribution in [0.25, 0.3) is 0 Å². The first-order valence-corrected chi connectivity index (χ1v) is 16.6. The van der Waals surface area contributed by atoms with Gasteiger partial charge < -0.3 is 12.4 Å². The van der Waals surface area contributed by atoms with Gasteiger partial charge >= 0.3 is 0 Å². The molecule has 0 fully saturated rings. The minimum atomic E-state index is -0.662. The third-order valence-corrected chi connectivity index (χ3v) is 12.0. The average molecular weight is 463 g/mol. The smallest absolute Gasteiger partial charge is 0.0594 e. The van der Waals surface area contributed by atoms with Gasteiger partial charge in [0, 0.05) is 7.26 Å². The van der Waals surface area contributed by atoms with Crippen LogP contribution in [-0.2, 0) is 0 Å². The second-order valence-electron chi connectivity index (χ2n) is 9.89. The molecule has 0 aliphatic rings. The summed E-state index contributed by atoms with van der Waals surface area (Å²) in [5.74, 6) is 0. The van der Waals surface area contributed by atoms with Gasteiger partial charge in [0.05, 0.1) is 24.6 Å². The topological polar surface area (TPSA) is 0 Å². The SMILES string of the molecule is CCCCCCCCCC[P+](CCCC)(CCCC)CCCCCCCCCC.[Cl-]. The maximum absolute atomic E-state index is 2.40. The van der Waals surface area contributed by atoms with Gasteiger partial charge in [0.25, 0.3) is 0 Å². The highest BCUT2D eigenvalue weighted by Crippen LogP contribution is 2.61. The molecule has 0 amide bonds. The molecule has 0 saturated carbocycles. The Labute approximate surface area is 200 Å². The second-order valence-corrected chi connectivity index (χ2v) is 14.4. The van der Waals surface area contributed by atoms with Crippen molar-refractivity contribution in [2.24, 2.45) is 0 Å². The highest BCUT2D eigenvalue weighted by Gasteiger charge is 2.34. The molecule has 0 rings (SSSR count). The van der Waals surface area contributed by atoms with Gasteiger partial charge in [-0.1, -0.05) is 118 Å². The molecule has 0 heterocycles. The van der Waals surface area contributed by atoms with Crippen molar-refractivity contribution < 1.29 is 12.4 Å². The third kappa shape index (κ3) is 20.6. The van der Waals surface area contributed by atoms with Gasteiger partial charge in [0.2, 0.25) is 0 Å². The van der Waals surface area contributed by atoms with Crippen molar-refractivity contribution in [3.05, 3.63) is 0 Å². The van der Waals surface area contributed by atoms with Gasteiger partial charge in [-0.3, -0.25) is 0 Å². The highest BCUT2D eigenvalue weighted by molar-refractivity contribution is 7.75. The fraction of sp³-hybridized carbons (Fsp3) is 1.00. The molecule has 184 valence electrons. The van der Waals surface area contributed by atoms with E-state index in [9.17, 15) is 0 Å². The fourth-order valence-corrected chi connectivity index (χ4v) is 9.92. The van der Waals surface area contributed by atoms with E-state index >= 15 is 0 Å². The van der Waals surface area contributed by atoms with Crippen molar-refractivity contribution >= 4 is 7.26 Å². The monoisotopic (exact) mass is 462 g/mol. The van der Waals surface area contributed by atoms with Crippen LogP contribution in [0.5, 0.6) is 0 Å². The number of rotatable bonds is 24. The van der Waals surface area contributed by atoms with Crippen LogP contribution in [0, 0.1) is 0 Å². The van der Waals surface area contributed by atoms with Gasteiger partial charge in [0.1, 0.15) is 0 Å². The summed E-state index contributed by atoms with van der Waals surface area (Å²) in [6.45, 7) is 9.45. The van der Waals surface area contributed by atoms with Crippen LogP contribution < -0.4 is 12.4 Å². The fourth-order valence-electron chi connectivity index (χ4n) is 4.82. The van der Waals surface area contributed by atoms with Crippen molar-refractivity contribution in [3.8, 4) is 0 Å². The summed E-state index contributed by atoms with van der Waals surface area (Å²) in [6.07, 6.45) is 36.0. The van der Waals surface area contributed by atoms with Crippen molar-refractivity contribution in [1.29, 1.82) is 0 Å². The van der Waals surface area contributed by atoms with E-state index in [-0.39, 0.29) is 12.4 Å². The zero-order valence-electron chi connectivity index (χ0n) is 21.8. The zero-order valence-corrected chi connectivity index (χ0v) is 23.4. The first-order chi connectivity index (χ1) is 14.2. The molecule has 0 N–H and O–H groups in total. The van der Waals surface area contributed by atoms with Crippen molar-refractivity contribution in [2.45, 2.75) is 156 Å². The number of hydrogen-bond acceptors (Lipinski definition) is 0. The lowest BCUT2D eigenvalue weighted by Gasteiger charge is -2.28. The molecular weight excluding hydrogens is 403 g/mol. The van der Waals surface area contributed by atoms with Gasteiger partial charge in [-0.2, -0.15) is 0 Å². The molecule has 0 bridgehead atoms. The molecular formula is C28H60ClP. The van der Waals surface area contributed by atoms with Crippen LogP contribution in [0.1, 0.15) is 156 Å². The standard InChI is InChI=1S/C28H60P.ClH/c1-5-9-13-15-17-19-21-23-27-29(25-11-7-3,26-12-8-4)28-24-22-20-18-16-14-10-6-2;/h5-28H2,1-4H3;1H/q+1;/p-1. The number of hydrogen-bond donors (Lipinski definition) is 0. The van der Waals surface area contributed by atoms with E-state index in [1.54, 1.807) is 37.5 Å². The summed E-state index contributed by atoms with van der Waals surface area (Å²) < 4.78 is 0. The Hall–Kier alpha value is 0.720. The van der Waals surface area contributed by atoms with Crippen LogP contribution in [0.2, 0.25) is 0 Å². The largest absolute Gasteiger partial charge is 1.00 e. The van der Waals surface area contributed by atoms with Crippen LogP contribution in [0.15, 0.2) is 0 Å². The second kappa shape index (κ2) is 26.0. The van der Waals surface area contributed by atoms with E-state index in [2.05, 4.69) is 27.7 Å². The molecule has 0 aromatic carbocycles. The summed E-state index contributed by atoms with van der Waals surface area (Å²) in [6, 6.07) is 0. The molecule has 0 aliphatic carbocycles. The Morgan fingerprint density at radius 1 is 0.300 bits per heavy atom. The van der Waals surface area contributed by atoms with E-state index < -0.39 is 7.26 Å². The van der Waals surface area contributed by atoms with E-state index in [0.717, 1.165) is 0 Å².